The number of aromatic nitrogens is 2. The maximum Gasteiger partial charge on any atom is 0.240 e. The molecule has 4 rings (SSSR count). The van der Waals surface area contributed by atoms with E-state index in [0.717, 1.165) is 48.6 Å². The number of halogens is 1. The van der Waals surface area contributed by atoms with Gasteiger partial charge in [-0.1, -0.05) is 25.3 Å². The molecule has 1 atom stereocenters. The molecule has 9 heteroatoms. The number of aromatic amines is 1. The lowest BCUT2D eigenvalue weighted by atomic mass is 9.80. The number of benzene rings is 1. The predicted molar refractivity (Wildman–Crippen MR) is 138 cm³/mol. The van der Waals surface area contributed by atoms with Crippen molar-refractivity contribution in [3.8, 4) is 11.5 Å². The van der Waals surface area contributed by atoms with E-state index in [1.54, 1.807) is 25.4 Å². The number of hydrogen-bond acceptors (Lipinski definition) is 6. The highest BCUT2D eigenvalue weighted by molar-refractivity contribution is 5.87. The van der Waals surface area contributed by atoms with Gasteiger partial charge in [0.2, 0.25) is 5.91 Å². The Morgan fingerprint density at radius 2 is 2.06 bits per heavy atom. The summed E-state index contributed by atoms with van der Waals surface area (Å²) in [5.41, 5.74) is 8.24. The maximum atomic E-state index is 14.9. The van der Waals surface area contributed by atoms with Crippen molar-refractivity contribution in [3.63, 3.8) is 0 Å². The van der Waals surface area contributed by atoms with Gasteiger partial charge in [0, 0.05) is 38.6 Å². The first-order valence-electron chi connectivity index (χ1n) is 12.6. The van der Waals surface area contributed by atoms with Gasteiger partial charge in [-0.2, -0.15) is 0 Å². The summed E-state index contributed by atoms with van der Waals surface area (Å²) in [6, 6.07) is 6.37. The number of pyridine rings is 1. The molecule has 1 saturated carbocycles. The minimum Gasteiger partial charge on any atom is -0.453 e. The topological polar surface area (TPSA) is 114 Å². The van der Waals surface area contributed by atoms with E-state index in [9.17, 15) is 9.18 Å². The molecule has 3 aromatic rings. The van der Waals surface area contributed by atoms with E-state index in [1.807, 2.05) is 19.2 Å². The number of ether oxygens (including phenoxy) is 2. The monoisotopic (exact) mass is 497 g/mol. The molecule has 2 aromatic heterocycles. The van der Waals surface area contributed by atoms with Crippen LogP contribution in [0.4, 0.5) is 4.39 Å². The zero-order valence-electron chi connectivity index (χ0n) is 21.0. The second-order valence-electron chi connectivity index (χ2n) is 9.61. The number of rotatable bonds is 11. The summed E-state index contributed by atoms with van der Waals surface area (Å²) in [7, 11) is 1.61. The molecule has 1 aliphatic rings. The van der Waals surface area contributed by atoms with Crippen LogP contribution < -0.4 is 21.1 Å². The summed E-state index contributed by atoms with van der Waals surface area (Å²) in [6.07, 6.45) is 8.63. The van der Waals surface area contributed by atoms with Crippen molar-refractivity contribution in [3.05, 3.63) is 53.6 Å². The van der Waals surface area contributed by atoms with E-state index >= 15 is 0 Å². The smallest absolute Gasteiger partial charge is 0.240 e. The Morgan fingerprint density at radius 3 is 2.81 bits per heavy atom. The zero-order valence-corrected chi connectivity index (χ0v) is 21.0. The Labute approximate surface area is 211 Å². The van der Waals surface area contributed by atoms with Gasteiger partial charge in [0.15, 0.2) is 11.6 Å². The largest absolute Gasteiger partial charge is 0.453 e. The third kappa shape index (κ3) is 6.03. The van der Waals surface area contributed by atoms with E-state index in [0.29, 0.717) is 37.5 Å². The van der Waals surface area contributed by atoms with Gasteiger partial charge < -0.3 is 30.8 Å². The van der Waals surface area contributed by atoms with Gasteiger partial charge in [-0.25, -0.2) is 9.37 Å². The molecule has 8 nitrogen and oxygen atoms in total. The number of carbonyl (C=O) groups is 1. The van der Waals surface area contributed by atoms with Gasteiger partial charge in [0.1, 0.15) is 11.4 Å². The molecule has 1 fully saturated rings. The molecular formula is C27H36FN5O3. The van der Waals surface area contributed by atoms with Gasteiger partial charge in [-0.05, 0) is 55.5 Å². The van der Waals surface area contributed by atoms with Crippen molar-refractivity contribution < 1.29 is 18.7 Å². The van der Waals surface area contributed by atoms with Crippen LogP contribution in [0.3, 0.4) is 0 Å². The molecule has 5 N–H and O–H groups in total. The summed E-state index contributed by atoms with van der Waals surface area (Å²) in [5.74, 6) is 0.245. The number of carbonyl (C=O) groups excluding carboxylic acids is 1. The molecule has 0 unspecified atom stereocenters. The lowest BCUT2D eigenvalue weighted by Crippen LogP contribution is -2.60. The number of fused-ring (bicyclic) bond motifs is 1. The Kier molecular flexibility index (Phi) is 8.56. The average Bonchev–Trinajstić information content (AvgIpc) is 3.26. The van der Waals surface area contributed by atoms with Crippen LogP contribution in [0.1, 0.15) is 43.2 Å². The fourth-order valence-corrected chi connectivity index (χ4v) is 4.92. The number of nitrogens with zero attached hydrogens (tertiary/aromatic N) is 1. The third-order valence-electron chi connectivity index (χ3n) is 6.88. The van der Waals surface area contributed by atoms with Gasteiger partial charge in [-0.3, -0.25) is 4.79 Å². The Balaban J connectivity index is 1.37. The van der Waals surface area contributed by atoms with Crippen molar-refractivity contribution in [1.82, 2.24) is 20.6 Å². The third-order valence-corrected chi connectivity index (χ3v) is 6.88. The Hall–Kier alpha value is -3.01. The summed E-state index contributed by atoms with van der Waals surface area (Å²) in [4.78, 5) is 20.3. The van der Waals surface area contributed by atoms with E-state index in [1.165, 1.54) is 6.07 Å². The van der Waals surface area contributed by atoms with Crippen molar-refractivity contribution in [1.29, 1.82) is 0 Å². The second-order valence-corrected chi connectivity index (χ2v) is 9.61. The number of methoxy groups -OCH3 is 1. The molecule has 0 aliphatic heterocycles. The maximum absolute atomic E-state index is 14.9. The molecule has 1 aliphatic carbocycles. The Morgan fingerprint density at radius 1 is 1.25 bits per heavy atom. The summed E-state index contributed by atoms with van der Waals surface area (Å²) in [5, 5.41) is 7.26. The van der Waals surface area contributed by atoms with E-state index in [4.69, 9.17) is 15.2 Å². The van der Waals surface area contributed by atoms with Crippen molar-refractivity contribution in [2.75, 3.05) is 26.8 Å². The van der Waals surface area contributed by atoms with Gasteiger partial charge in [0.05, 0.1) is 17.5 Å². The first-order chi connectivity index (χ1) is 17.4. The van der Waals surface area contributed by atoms with Crippen molar-refractivity contribution >= 4 is 16.9 Å². The highest BCUT2D eigenvalue weighted by Crippen LogP contribution is 2.32. The predicted octanol–water partition coefficient (Wildman–Crippen LogP) is 3.73. The van der Waals surface area contributed by atoms with Crippen LogP contribution in [0.5, 0.6) is 11.5 Å². The number of aryl methyl sites for hydroxylation is 1. The quantitative estimate of drug-likeness (QED) is 0.300. The van der Waals surface area contributed by atoms with Crippen molar-refractivity contribution in [2.45, 2.75) is 57.0 Å². The van der Waals surface area contributed by atoms with Crippen molar-refractivity contribution in [2.24, 2.45) is 5.73 Å². The SMILES string of the molecule is COCCNC(=O)C1(NC[C@@H](N)Cc2ccc(Oc3ccnc4[nH]cc(C)c34)c(F)c2)CCCCC1. The van der Waals surface area contributed by atoms with E-state index < -0.39 is 11.4 Å². The lowest BCUT2D eigenvalue weighted by molar-refractivity contribution is -0.129. The number of nitrogens with two attached hydrogens (primary N) is 1. The van der Waals surface area contributed by atoms with Crippen LogP contribution >= 0.6 is 0 Å². The number of hydrogen-bond donors (Lipinski definition) is 4. The molecule has 0 saturated heterocycles. The molecule has 1 amide bonds. The fraction of sp³-hybridized carbons (Fsp3) is 0.481. The Bertz CT molecular complexity index is 1180. The lowest BCUT2D eigenvalue weighted by Gasteiger charge is -2.37. The van der Waals surface area contributed by atoms with Gasteiger partial charge in [-0.15, -0.1) is 0 Å². The summed E-state index contributed by atoms with van der Waals surface area (Å²) in [6.45, 7) is 3.36. The number of H-pyrrole nitrogens is 1. The summed E-state index contributed by atoms with van der Waals surface area (Å²) < 4.78 is 25.9. The zero-order chi connectivity index (χ0) is 25.5. The van der Waals surface area contributed by atoms with E-state index in [-0.39, 0.29) is 17.7 Å². The molecular weight excluding hydrogens is 461 g/mol. The van der Waals surface area contributed by atoms with Crippen LogP contribution in [0, 0.1) is 12.7 Å². The average molecular weight is 498 g/mol. The normalized spacial score (nSPS) is 16.1. The number of amides is 1. The highest BCUT2D eigenvalue weighted by atomic mass is 19.1. The second kappa shape index (κ2) is 11.8. The van der Waals surface area contributed by atoms with Crippen LogP contribution in [0.2, 0.25) is 0 Å². The van der Waals surface area contributed by atoms with Crippen LogP contribution in [-0.4, -0.2) is 54.3 Å². The molecule has 2 heterocycles. The highest BCUT2D eigenvalue weighted by Gasteiger charge is 2.39. The fourth-order valence-electron chi connectivity index (χ4n) is 4.92. The molecule has 0 spiro atoms. The van der Waals surface area contributed by atoms with Crippen LogP contribution in [0.25, 0.3) is 11.0 Å². The number of nitrogens with one attached hydrogen (secondary N) is 3. The van der Waals surface area contributed by atoms with Gasteiger partial charge >= 0.3 is 0 Å². The first-order valence-corrected chi connectivity index (χ1v) is 12.6. The summed E-state index contributed by atoms with van der Waals surface area (Å²) >= 11 is 0. The molecule has 1 aromatic carbocycles. The molecule has 0 bridgehead atoms. The standard InChI is InChI=1S/C27H36FN5O3/c1-18-16-32-25-24(18)23(8-11-30-25)36-22-7-6-19(15-21(22)28)14-20(29)17-33-27(9-4-3-5-10-27)26(34)31-12-13-35-2/h6-8,11,15-16,20,33H,3-5,9-10,12-14,17,29H2,1-2H3,(H,30,32)(H,31,34)/t20-/m0/s1. The molecule has 36 heavy (non-hydrogen) atoms. The first kappa shape index (κ1) is 26.1. The minimum atomic E-state index is -0.612. The van der Waals surface area contributed by atoms with Crippen LogP contribution in [0.15, 0.2) is 36.7 Å². The minimum absolute atomic E-state index is 0.00174. The molecule has 194 valence electrons. The van der Waals surface area contributed by atoms with Crippen LogP contribution in [-0.2, 0) is 16.0 Å². The molecule has 0 radical (unpaired) electrons. The van der Waals surface area contributed by atoms with E-state index in [2.05, 4.69) is 20.6 Å². The van der Waals surface area contributed by atoms with Gasteiger partial charge in [0.25, 0.3) is 0 Å².